The predicted octanol–water partition coefficient (Wildman–Crippen LogP) is 3.79. The van der Waals surface area contributed by atoms with E-state index in [0.29, 0.717) is 15.1 Å². The minimum Gasteiger partial charge on any atom is -0.271 e. The second-order valence-electron chi connectivity index (χ2n) is 3.79. The Balaban J connectivity index is 2.49. The molecule has 18 heavy (non-hydrogen) atoms. The van der Waals surface area contributed by atoms with Crippen LogP contribution in [0.15, 0.2) is 46.9 Å². The Bertz CT molecular complexity index is 562. The van der Waals surface area contributed by atoms with Crippen molar-refractivity contribution < 1.29 is 4.39 Å². The van der Waals surface area contributed by atoms with E-state index in [0.717, 1.165) is 5.56 Å². The number of hydrazine groups is 1. The van der Waals surface area contributed by atoms with Crippen molar-refractivity contribution in [2.24, 2.45) is 5.84 Å². The van der Waals surface area contributed by atoms with Gasteiger partial charge in [0.25, 0.3) is 0 Å². The van der Waals surface area contributed by atoms with Gasteiger partial charge in [-0.3, -0.25) is 5.84 Å². The lowest BCUT2D eigenvalue weighted by atomic mass is 9.99. The van der Waals surface area contributed by atoms with Gasteiger partial charge >= 0.3 is 0 Å². The van der Waals surface area contributed by atoms with Crippen molar-refractivity contribution in [2.75, 3.05) is 0 Å². The van der Waals surface area contributed by atoms with Crippen molar-refractivity contribution in [2.45, 2.75) is 6.04 Å². The molecule has 0 radical (unpaired) electrons. The van der Waals surface area contributed by atoms with Crippen molar-refractivity contribution in [1.29, 1.82) is 0 Å². The van der Waals surface area contributed by atoms with Crippen LogP contribution < -0.4 is 11.3 Å². The zero-order valence-electron chi connectivity index (χ0n) is 9.33. The van der Waals surface area contributed by atoms with E-state index < -0.39 is 6.04 Å². The van der Waals surface area contributed by atoms with Crippen molar-refractivity contribution >= 4 is 27.5 Å². The summed E-state index contributed by atoms with van der Waals surface area (Å²) in [5.74, 6) is 5.19. The molecule has 0 bridgehead atoms. The highest BCUT2D eigenvalue weighted by molar-refractivity contribution is 9.10. The maximum Gasteiger partial charge on any atom is 0.129 e. The third kappa shape index (κ3) is 2.72. The van der Waals surface area contributed by atoms with E-state index in [1.165, 1.54) is 6.07 Å². The van der Waals surface area contributed by atoms with Gasteiger partial charge in [0.15, 0.2) is 0 Å². The van der Waals surface area contributed by atoms with Crippen LogP contribution >= 0.6 is 27.5 Å². The molecule has 2 nitrogen and oxygen atoms in total. The quantitative estimate of drug-likeness (QED) is 0.664. The molecule has 3 N–H and O–H groups in total. The van der Waals surface area contributed by atoms with E-state index in [1.807, 2.05) is 18.2 Å². The topological polar surface area (TPSA) is 38.0 Å². The second-order valence-corrected chi connectivity index (χ2v) is 5.11. The molecular weight excluding hydrogens is 319 g/mol. The number of hydrogen-bond donors (Lipinski definition) is 2. The summed E-state index contributed by atoms with van der Waals surface area (Å²) in [6.45, 7) is 0. The number of nitrogens with one attached hydrogen (secondary N) is 1. The molecule has 0 fully saturated rings. The van der Waals surface area contributed by atoms with Crippen LogP contribution in [0.2, 0.25) is 5.02 Å². The monoisotopic (exact) mass is 328 g/mol. The molecule has 1 atom stereocenters. The zero-order valence-corrected chi connectivity index (χ0v) is 11.7. The standard InChI is InChI=1S/C13H11BrClFN2/c14-8-5-6-10(12(16)7-8)13(18-17)9-3-1-2-4-11(9)15/h1-7,13,18H,17H2. The highest BCUT2D eigenvalue weighted by Crippen LogP contribution is 2.30. The average molecular weight is 330 g/mol. The molecule has 0 saturated carbocycles. The molecule has 1 unspecified atom stereocenters. The molecule has 0 aliphatic carbocycles. The number of halogens is 3. The van der Waals surface area contributed by atoms with Crippen LogP contribution in [0.3, 0.4) is 0 Å². The zero-order chi connectivity index (χ0) is 13.1. The van der Waals surface area contributed by atoms with Gasteiger partial charge in [0.1, 0.15) is 5.82 Å². The molecule has 2 aromatic carbocycles. The lowest BCUT2D eigenvalue weighted by Crippen LogP contribution is -2.29. The highest BCUT2D eigenvalue weighted by Gasteiger charge is 2.18. The largest absolute Gasteiger partial charge is 0.271 e. The molecule has 0 saturated heterocycles. The minimum absolute atomic E-state index is 0.341. The van der Waals surface area contributed by atoms with Gasteiger partial charge in [-0.2, -0.15) is 0 Å². The summed E-state index contributed by atoms with van der Waals surface area (Å²) in [5.41, 5.74) is 3.79. The fourth-order valence-corrected chi connectivity index (χ4v) is 2.37. The lowest BCUT2D eigenvalue weighted by molar-refractivity contribution is 0.559. The van der Waals surface area contributed by atoms with Crippen LogP contribution in [0, 0.1) is 5.82 Å². The molecule has 94 valence electrons. The Hall–Kier alpha value is -0.940. The van der Waals surface area contributed by atoms with Crippen LogP contribution in [-0.2, 0) is 0 Å². The van der Waals surface area contributed by atoms with Crippen LogP contribution in [0.4, 0.5) is 4.39 Å². The summed E-state index contributed by atoms with van der Waals surface area (Å²) in [4.78, 5) is 0. The second kappa shape index (κ2) is 5.80. The van der Waals surface area contributed by atoms with Gasteiger partial charge < -0.3 is 0 Å². The van der Waals surface area contributed by atoms with Crippen LogP contribution in [0.25, 0.3) is 0 Å². The molecule has 2 rings (SSSR count). The number of nitrogens with two attached hydrogens (primary N) is 1. The van der Waals surface area contributed by atoms with E-state index in [4.69, 9.17) is 17.4 Å². The normalized spacial score (nSPS) is 12.4. The Morgan fingerprint density at radius 3 is 2.50 bits per heavy atom. The SMILES string of the molecule is NNC(c1ccc(Br)cc1F)c1ccccc1Cl. The Labute approximate surface area is 118 Å². The maximum atomic E-state index is 13.9. The molecule has 2 aromatic rings. The third-order valence-corrected chi connectivity index (χ3v) is 3.49. The first-order valence-electron chi connectivity index (χ1n) is 5.29. The van der Waals surface area contributed by atoms with Crippen molar-refractivity contribution in [3.8, 4) is 0 Å². The van der Waals surface area contributed by atoms with E-state index in [1.54, 1.807) is 18.2 Å². The summed E-state index contributed by atoms with van der Waals surface area (Å²) in [6, 6.07) is 11.6. The van der Waals surface area contributed by atoms with Crippen molar-refractivity contribution in [1.82, 2.24) is 5.43 Å². The summed E-state index contributed by atoms with van der Waals surface area (Å²) >= 11 is 9.32. The fourth-order valence-electron chi connectivity index (χ4n) is 1.79. The van der Waals surface area contributed by atoms with Crippen molar-refractivity contribution in [3.05, 3.63) is 68.9 Å². The van der Waals surface area contributed by atoms with Gasteiger partial charge in [-0.1, -0.05) is 51.8 Å². The third-order valence-electron chi connectivity index (χ3n) is 2.66. The molecule has 0 aliphatic rings. The van der Waals surface area contributed by atoms with Crippen LogP contribution in [-0.4, -0.2) is 0 Å². The highest BCUT2D eigenvalue weighted by atomic mass is 79.9. The molecule has 0 amide bonds. The van der Waals surface area contributed by atoms with Crippen LogP contribution in [0.1, 0.15) is 17.2 Å². The van der Waals surface area contributed by atoms with Crippen molar-refractivity contribution in [3.63, 3.8) is 0 Å². The first-order chi connectivity index (χ1) is 8.63. The van der Waals surface area contributed by atoms with Crippen LogP contribution in [0.5, 0.6) is 0 Å². The molecule has 0 heterocycles. The smallest absolute Gasteiger partial charge is 0.129 e. The van der Waals surface area contributed by atoms with E-state index in [9.17, 15) is 4.39 Å². The Kier molecular flexibility index (Phi) is 4.35. The van der Waals surface area contributed by atoms with E-state index in [-0.39, 0.29) is 5.82 Å². The van der Waals surface area contributed by atoms with Gasteiger partial charge in [-0.15, -0.1) is 0 Å². The Morgan fingerprint density at radius 1 is 1.17 bits per heavy atom. The molecular formula is C13H11BrClFN2. The van der Waals surface area contributed by atoms with Gasteiger partial charge in [0.05, 0.1) is 6.04 Å². The first kappa shape index (κ1) is 13.5. The summed E-state index contributed by atoms with van der Waals surface area (Å²) in [6.07, 6.45) is 0. The number of hydrogen-bond acceptors (Lipinski definition) is 2. The summed E-state index contributed by atoms with van der Waals surface area (Å²) in [5, 5.41) is 0.544. The molecule has 0 aromatic heterocycles. The molecule has 0 spiro atoms. The van der Waals surface area contributed by atoms with Gasteiger partial charge in [0.2, 0.25) is 0 Å². The van der Waals surface area contributed by atoms with E-state index >= 15 is 0 Å². The Morgan fingerprint density at radius 2 is 1.89 bits per heavy atom. The summed E-state index contributed by atoms with van der Waals surface area (Å²) < 4.78 is 14.6. The number of benzene rings is 2. The first-order valence-corrected chi connectivity index (χ1v) is 6.46. The van der Waals surface area contributed by atoms with Gasteiger partial charge in [0, 0.05) is 15.1 Å². The van der Waals surface area contributed by atoms with E-state index in [2.05, 4.69) is 21.4 Å². The van der Waals surface area contributed by atoms with Gasteiger partial charge in [-0.25, -0.2) is 9.82 Å². The predicted molar refractivity (Wildman–Crippen MR) is 74.7 cm³/mol. The molecule has 0 aliphatic heterocycles. The molecule has 5 heteroatoms. The number of rotatable bonds is 3. The fraction of sp³-hybridized carbons (Fsp3) is 0.0769. The lowest BCUT2D eigenvalue weighted by Gasteiger charge is -2.18. The maximum absolute atomic E-state index is 13.9. The summed E-state index contributed by atoms with van der Waals surface area (Å²) in [7, 11) is 0. The minimum atomic E-state index is -0.480. The average Bonchev–Trinajstić information content (AvgIpc) is 2.34. The van der Waals surface area contributed by atoms with Gasteiger partial charge in [-0.05, 0) is 23.8 Å².